The van der Waals surface area contributed by atoms with Crippen molar-refractivity contribution in [1.29, 1.82) is 0 Å². The van der Waals surface area contributed by atoms with E-state index in [2.05, 4.69) is 17.9 Å². The molecular formula is C25H31NO2. The molecule has 0 amide bonds. The standard InChI is InChI=1S/C25H31NO2/c1-19-9-4-5-10-22(19)11-12-24(27)25-20(2)17-23(18-21(25)3)28-16-8-15-26-13-6-7-14-26/h4-5,9-12,17-18H,6-8,13-16H2,1-3H3. The number of nitrogens with zero attached hydrogens (tertiary/aromatic N) is 1. The summed E-state index contributed by atoms with van der Waals surface area (Å²) < 4.78 is 5.95. The summed E-state index contributed by atoms with van der Waals surface area (Å²) in [5.74, 6) is 0.898. The first kappa shape index (κ1) is 20.3. The van der Waals surface area contributed by atoms with Crippen LogP contribution in [0.1, 0.15) is 51.9 Å². The minimum Gasteiger partial charge on any atom is -0.494 e. The minimum atomic E-state index is 0.0406. The summed E-state index contributed by atoms with van der Waals surface area (Å²) in [5.41, 5.74) is 4.94. The number of hydrogen-bond acceptors (Lipinski definition) is 3. The maximum absolute atomic E-state index is 12.8. The van der Waals surface area contributed by atoms with Crippen LogP contribution in [0.2, 0.25) is 0 Å². The van der Waals surface area contributed by atoms with E-state index in [0.29, 0.717) is 0 Å². The molecule has 1 fully saturated rings. The Morgan fingerprint density at radius 1 is 1.04 bits per heavy atom. The number of allylic oxidation sites excluding steroid dienone is 1. The lowest BCUT2D eigenvalue weighted by atomic mass is 9.97. The molecule has 0 N–H and O–H groups in total. The SMILES string of the molecule is Cc1ccccc1C=CC(=O)c1c(C)cc(OCCCN2CCCC2)cc1C. The lowest BCUT2D eigenvalue weighted by Crippen LogP contribution is -2.21. The number of hydrogen-bond donors (Lipinski definition) is 0. The molecule has 0 radical (unpaired) electrons. The van der Waals surface area contributed by atoms with Crippen LogP contribution < -0.4 is 4.74 Å². The molecule has 1 heterocycles. The number of carbonyl (C=O) groups is 1. The Balaban J connectivity index is 1.60. The van der Waals surface area contributed by atoms with Gasteiger partial charge in [0.25, 0.3) is 0 Å². The summed E-state index contributed by atoms with van der Waals surface area (Å²) in [5, 5.41) is 0. The molecule has 0 atom stereocenters. The number of rotatable bonds is 8. The molecule has 1 aliphatic heterocycles. The van der Waals surface area contributed by atoms with E-state index < -0.39 is 0 Å². The van der Waals surface area contributed by atoms with E-state index in [9.17, 15) is 4.79 Å². The van der Waals surface area contributed by atoms with Gasteiger partial charge in [-0.15, -0.1) is 0 Å². The summed E-state index contributed by atoms with van der Waals surface area (Å²) >= 11 is 0. The normalized spacial score (nSPS) is 14.7. The van der Waals surface area contributed by atoms with E-state index in [1.165, 1.54) is 25.9 Å². The van der Waals surface area contributed by atoms with Gasteiger partial charge in [0.15, 0.2) is 5.78 Å². The maximum Gasteiger partial charge on any atom is 0.186 e. The largest absolute Gasteiger partial charge is 0.494 e. The third-order valence-corrected chi connectivity index (χ3v) is 5.44. The Morgan fingerprint density at radius 2 is 1.71 bits per heavy atom. The van der Waals surface area contributed by atoms with Crippen LogP contribution in [0.15, 0.2) is 42.5 Å². The zero-order valence-electron chi connectivity index (χ0n) is 17.3. The van der Waals surface area contributed by atoms with Gasteiger partial charge in [0.1, 0.15) is 5.75 Å². The minimum absolute atomic E-state index is 0.0406. The number of carbonyl (C=O) groups excluding carboxylic acids is 1. The number of benzene rings is 2. The zero-order chi connectivity index (χ0) is 19.9. The van der Waals surface area contributed by atoms with Crippen LogP contribution in [0.4, 0.5) is 0 Å². The van der Waals surface area contributed by atoms with Gasteiger partial charge in [0, 0.05) is 12.1 Å². The van der Waals surface area contributed by atoms with Crippen LogP contribution >= 0.6 is 0 Å². The van der Waals surface area contributed by atoms with Crippen molar-refractivity contribution in [3.05, 3.63) is 70.3 Å². The molecule has 28 heavy (non-hydrogen) atoms. The fourth-order valence-corrected chi connectivity index (χ4v) is 3.90. The van der Waals surface area contributed by atoms with E-state index in [1.54, 1.807) is 6.08 Å². The average molecular weight is 378 g/mol. The van der Waals surface area contributed by atoms with E-state index in [-0.39, 0.29) is 5.78 Å². The summed E-state index contributed by atoms with van der Waals surface area (Å²) in [6, 6.07) is 12.0. The first-order valence-electron chi connectivity index (χ1n) is 10.3. The van der Waals surface area contributed by atoms with Gasteiger partial charge in [0.2, 0.25) is 0 Å². The summed E-state index contributed by atoms with van der Waals surface area (Å²) in [6.45, 7) is 10.3. The quantitative estimate of drug-likeness (QED) is 0.352. The summed E-state index contributed by atoms with van der Waals surface area (Å²) in [4.78, 5) is 15.3. The monoisotopic (exact) mass is 377 g/mol. The number of aryl methyl sites for hydroxylation is 3. The molecule has 0 bridgehead atoms. The number of likely N-dealkylation sites (tertiary alicyclic amines) is 1. The van der Waals surface area contributed by atoms with E-state index in [0.717, 1.165) is 53.1 Å². The zero-order valence-corrected chi connectivity index (χ0v) is 17.3. The molecule has 0 spiro atoms. The summed E-state index contributed by atoms with van der Waals surface area (Å²) in [7, 11) is 0. The van der Waals surface area contributed by atoms with Crippen molar-refractivity contribution in [2.75, 3.05) is 26.2 Å². The van der Waals surface area contributed by atoms with Crippen molar-refractivity contribution in [3.63, 3.8) is 0 Å². The topological polar surface area (TPSA) is 29.5 Å². The Morgan fingerprint density at radius 3 is 2.39 bits per heavy atom. The second-order valence-corrected chi connectivity index (χ2v) is 7.74. The van der Waals surface area contributed by atoms with E-state index in [4.69, 9.17) is 4.74 Å². The van der Waals surface area contributed by atoms with Crippen molar-refractivity contribution < 1.29 is 9.53 Å². The predicted molar refractivity (Wildman–Crippen MR) is 116 cm³/mol. The van der Waals surface area contributed by atoms with Gasteiger partial charge in [-0.05, 0) is 93.6 Å². The van der Waals surface area contributed by atoms with Crippen LogP contribution in [-0.2, 0) is 0 Å². The molecule has 0 aliphatic carbocycles. The highest BCUT2D eigenvalue weighted by Crippen LogP contribution is 2.23. The maximum atomic E-state index is 12.8. The first-order valence-corrected chi connectivity index (χ1v) is 10.3. The fourth-order valence-electron chi connectivity index (χ4n) is 3.90. The Bertz CT molecular complexity index is 824. The van der Waals surface area contributed by atoms with Gasteiger partial charge < -0.3 is 9.64 Å². The van der Waals surface area contributed by atoms with Gasteiger partial charge >= 0.3 is 0 Å². The molecule has 0 saturated carbocycles. The molecule has 1 saturated heterocycles. The van der Waals surface area contributed by atoms with Crippen LogP contribution in [0.5, 0.6) is 5.75 Å². The molecular weight excluding hydrogens is 346 g/mol. The molecule has 3 heteroatoms. The highest BCUT2D eigenvalue weighted by atomic mass is 16.5. The number of ether oxygens (including phenoxy) is 1. The molecule has 2 aromatic carbocycles. The molecule has 0 unspecified atom stereocenters. The Kier molecular flexibility index (Phi) is 7.05. The molecule has 148 valence electrons. The molecule has 1 aliphatic rings. The molecule has 3 nitrogen and oxygen atoms in total. The van der Waals surface area contributed by atoms with Crippen molar-refractivity contribution in [2.45, 2.75) is 40.0 Å². The molecule has 2 aromatic rings. The van der Waals surface area contributed by atoms with Gasteiger partial charge in [0.05, 0.1) is 6.61 Å². The lowest BCUT2D eigenvalue weighted by molar-refractivity contribution is 0.104. The molecule has 0 aromatic heterocycles. The predicted octanol–water partition coefficient (Wildman–Crippen LogP) is 5.37. The van der Waals surface area contributed by atoms with Crippen LogP contribution in [0.3, 0.4) is 0 Å². The van der Waals surface area contributed by atoms with Gasteiger partial charge in [-0.2, -0.15) is 0 Å². The second kappa shape index (κ2) is 9.70. The number of ketones is 1. The van der Waals surface area contributed by atoms with Crippen LogP contribution in [-0.4, -0.2) is 36.9 Å². The Labute approximate surface area is 169 Å². The highest BCUT2D eigenvalue weighted by molar-refractivity contribution is 6.08. The summed E-state index contributed by atoms with van der Waals surface area (Å²) in [6.07, 6.45) is 7.27. The van der Waals surface area contributed by atoms with Crippen LogP contribution in [0.25, 0.3) is 6.08 Å². The first-order chi connectivity index (χ1) is 13.5. The van der Waals surface area contributed by atoms with Crippen molar-refractivity contribution in [1.82, 2.24) is 4.90 Å². The van der Waals surface area contributed by atoms with Crippen LogP contribution in [0, 0.1) is 20.8 Å². The fraction of sp³-hybridized carbons (Fsp3) is 0.400. The third kappa shape index (κ3) is 5.32. The van der Waals surface area contributed by atoms with Crippen molar-refractivity contribution in [2.24, 2.45) is 0 Å². The smallest absolute Gasteiger partial charge is 0.186 e. The third-order valence-electron chi connectivity index (χ3n) is 5.44. The highest BCUT2D eigenvalue weighted by Gasteiger charge is 2.13. The van der Waals surface area contributed by atoms with E-state index >= 15 is 0 Å². The lowest BCUT2D eigenvalue weighted by Gasteiger charge is -2.15. The molecule has 3 rings (SSSR count). The van der Waals surface area contributed by atoms with Gasteiger partial charge in [-0.3, -0.25) is 4.79 Å². The van der Waals surface area contributed by atoms with Crippen molar-refractivity contribution >= 4 is 11.9 Å². The van der Waals surface area contributed by atoms with E-state index in [1.807, 2.05) is 50.3 Å². The van der Waals surface area contributed by atoms with Gasteiger partial charge in [-0.25, -0.2) is 0 Å². The second-order valence-electron chi connectivity index (χ2n) is 7.74. The Hall–Kier alpha value is -2.39. The van der Waals surface area contributed by atoms with Gasteiger partial charge in [-0.1, -0.05) is 30.3 Å². The average Bonchev–Trinajstić information content (AvgIpc) is 3.17. The van der Waals surface area contributed by atoms with Crippen molar-refractivity contribution in [3.8, 4) is 5.75 Å².